The maximum absolute atomic E-state index is 13.6. The first-order valence-corrected chi connectivity index (χ1v) is 12.1. The van der Waals surface area contributed by atoms with Crippen LogP contribution in [0, 0.1) is 10.1 Å². The number of alkyl halides is 3. The van der Waals surface area contributed by atoms with Crippen molar-refractivity contribution in [2.24, 2.45) is 0 Å². The van der Waals surface area contributed by atoms with Crippen molar-refractivity contribution in [1.82, 2.24) is 9.88 Å². The summed E-state index contributed by atoms with van der Waals surface area (Å²) in [5, 5.41) is 11.2. The molecule has 0 atom stereocenters. The van der Waals surface area contributed by atoms with Gasteiger partial charge in [-0.15, -0.1) is 13.2 Å². The summed E-state index contributed by atoms with van der Waals surface area (Å²) >= 11 is 0. The number of likely N-dealkylation sites (N-methyl/N-ethyl adjacent to an activating group) is 1. The number of anilines is 1. The van der Waals surface area contributed by atoms with Gasteiger partial charge in [-0.1, -0.05) is 0 Å². The lowest BCUT2D eigenvalue weighted by Gasteiger charge is -2.27. The van der Waals surface area contributed by atoms with E-state index in [2.05, 4.69) is 14.6 Å². The van der Waals surface area contributed by atoms with E-state index in [9.17, 15) is 31.7 Å². The Balaban J connectivity index is 1.92. The molecule has 9 nitrogen and oxygen atoms in total. The predicted octanol–water partition coefficient (Wildman–Crippen LogP) is 4.02. The smallest absolute Gasteiger partial charge is 0.406 e. The minimum atomic E-state index is -4.92. The third-order valence-electron chi connectivity index (χ3n) is 5.69. The van der Waals surface area contributed by atoms with E-state index in [1.54, 1.807) is 0 Å². The number of ether oxygens (including phenoxy) is 1. The van der Waals surface area contributed by atoms with Gasteiger partial charge in [-0.2, -0.15) is 0 Å². The van der Waals surface area contributed by atoms with Crippen LogP contribution in [0.2, 0.25) is 0 Å². The van der Waals surface area contributed by atoms with Crippen molar-refractivity contribution < 1.29 is 31.2 Å². The molecule has 2 aromatic carbocycles. The fourth-order valence-corrected chi connectivity index (χ4v) is 5.44. The van der Waals surface area contributed by atoms with Crippen molar-refractivity contribution in [2.45, 2.75) is 22.6 Å². The number of nitro groups is 1. The van der Waals surface area contributed by atoms with Crippen LogP contribution in [0.25, 0.3) is 10.9 Å². The van der Waals surface area contributed by atoms with Gasteiger partial charge in [0.15, 0.2) is 0 Å². The maximum atomic E-state index is 13.6. The van der Waals surface area contributed by atoms with Crippen LogP contribution in [-0.2, 0) is 9.84 Å². The second-order valence-electron chi connectivity index (χ2n) is 8.10. The van der Waals surface area contributed by atoms with Gasteiger partial charge < -0.3 is 14.5 Å². The molecular formula is C22H21F3N4O5S. The molecule has 1 saturated heterocycles. The Bertz CT molecular complexity index is 1360. The molecule has 0 aliphatic carbocycles. The second kappa shape index (κ2) is 9.30. The molecule has 0 saturated carbocycles. The first-order valence-electron chi connectivity index (χ1n) is 10.6. The molecule has 0 radical (unpaired) electrons. The van der Waals surface area contributed by atoms with E-state index in [0.717, 1.165) is 42.9 Å². The molecule has 35 heavy (non-hydrogen) atoms. The average Bonchev–Trinajstić information content (AvgIpc) is 3.01. The normalized spacial score (nSPS) is 15.7. The number of benzene rings is 2. The van der Waals surface area contributed by atoms with Gasteiger partial charge in [0.1, 0.15) is 10.6 Å². The van der Waals surface area contributed by atoms with Crippen LogP contribution in [0.3, 0.4) is 0 Å². The highest BCUT2D eigenvalue weighted by Gasteiger charge is 2.32. The third-order valence-corrected chi connectivity index (χ3v) is 7.46. The van der Waals surface area contributed by atoms with Gasteiger partial charge in [0.25, 0.3) is 5.69 Å². The third kappa shape index (κ3) is 5.30. The van der Waals surface area contributed by atoms with Crippen molar-refractivity contribution in [3.05, 3.63) is 58.8 Å². The topological polar surface area (TPSA) is 106 Å². The summed E-state index contributed by atoms with van der Waals surface area (Å²) in [6.45, 7) is 2.28. The van der Waals surface area contributed by atoms with Crippen molar-refractivity contribution in [2.75, 3.05) is 38.1 Å². The van der Waals surface area contributed by atoms with E-state index >= 15 is 0 Å². The molecule has 1 fully saturated rings. The fraction of sp³-hybridized carbons (Fsp3) is 0.318. The summed E-state index contributed by atoms with van der Waals surface area (Å²) in [4.78, 5) is 18.0. The maximum Gasteiger partial charge on any atom is 0.573 e. The number of non-ortho nitro benzene ring substituents is 1. The highest BCUT2D eigenvalue weighted by atomic mass is 32.2. The quantitative estimate of drug-likeness (QED) is 0.374. The molecule has 1 aliphatic heterocycles. The molecule has 3 aromatic rings. The SMILES string of the molecule is CN1CCCN(c2c(S(=O)(=O)c3ccc([N+](=O)[O-])cc3)cnc3ccc(OC(F)(F)F)cc23)CC1. The van der Waals surface area contributed by atoms with Crippen LogP contribution in [0.15, 0.2) is 58.5 Å². The number of rotatable bonds is 5. The molecular weight excluding hydrogens is 489 g/mol. The van der Waals surface area contributed by atoms with Crippen molar-refractivity contribution in [3.8, 4) is 5.75 Å². The molecule has 0 N–H and O–H groups in total. The van der Waals surface area contributed by atoms with E-state index < -0.39 is 26.9 Å². The number of pyridine rings is 1. The van der Waals surface area contributed by atoms with E-state index in [1.807, 2.05) is 11.9 Å². The first kappa shape index (κ1) is 24.7. The molecule has 0 amide bonds. The van der Waals surface area contributed by atoms with E-state index in [4.69, 9.17) is 0 Å². The number of halogens is 3. The number of nitro benzene ring substituents is 1. The zero-order valence-corrected chi connectivity index (χ0v) is 19.3. The van der Waals surface area contributed by atoms with Crippen LogP contribution in [0.1, 0.15) is 6.42 Å². The summed E-state index contributed by atoms with van der Waals surface area (Å²) in [6, 6.07) is 8.00. The summed E-state index contributed by atoms with van der Waals surface area (Å²) in [7, 11) is -2.30. The van der Waals surface area contributed by atoms with E-state index in [-0.39, 0.29) is 26.6 Å². The monoisotopic (exact) mass is 510 g/mol. The summed E-state index contributed by atoms with van der Waals surface area (Å²) in [5.74, 6) is -0.495. The number of sulfone groups is 1. The van der Waals surface area contributed by atoms with Crippen LogP contribution < -0.4 is 9.64 Å². The van der Waals surface area contributed by atoms with Gasteiger partial charge in [0.05, 0.1) is 21.0 Å². The summed E-state index contributed by atoms with van der Waals surface area (Å²) < 4.78 is 70.0. The molecule has 1 aromatic heterocycles. The molecule has 186 valence electrons. The fourth-order valence-electron chi connectivity index (χ4n) is 4.00. The lowest BCUT2D eigenvalue weighted by molar-refractivity contribution is -0.384. The average molecular weight is 510 g/mol. The van der Waals surface area contributed by atoms with Crippen molar-refractivity contribution >= 4 is 32.1 Å². The van der Waals surface area contributed by atoms with Gasteiger partial charge in [-0.25, -0.2) is 8.42 Å². The molecule has 1 aliphatic rings. The van der Waals surface area contributed by atoms with Gasteiger partial charge in [0.2, 0.25) is 9.84 Å². The van der Waals surface area contributed by atoms with E-state index in [0.29, 0.717) is 31.6 Å². The molecule has 2 heterocycles. The van der Waals surface area contributed by atoms with Crippen LogP contribution >= 0.6 is 0 Å². The lowest BCUT2D eigenvalue weighted by atomic mass is 10.1. The number of aromatic nitrogens is 1. The van der Waals surface area contributed by atoms with Crippen molar-refractivity contribution in [3.63, 3.8) is 0 Å². The predicted molar refractivity (Wildman–Crippen MR) is 121 cm³/mol. The summed E-state index contributed by atoms with van der Waals surface area (Å²) in [6.07, 6.45) is -3.04. The number of nitrogens with zero attached hydrogens (tertiary/aromatic N) is 4. The Kier molecular flexibility index (Phi) is 6.56. The van der Waals surface area contributed by atoms with Crippen LogP contribution in [-0.4, -0.2) is 62.8 Å². The highest BCUT2D eigenvalue weighted by molar-refractivity contribution is 7.91. The Morgan fingerprint density at radius 2 is 1.77 bits per heavy atom. The Morgan fingerprint density at radius 3 is 2.43 bits per heavy atom. The molecule has 0 bridgehead atoms. The minimum absolute atomic E-state index is 0.194. The minimum Gasteiger partial charge on any atom is -0.406 e. The molecule has 13 heteroatoms. The second-order valence-corrected chi connectivity index (χ2v) is 10.0. The number of hydrogen-bond acceptors (Lipinski definition) is 8. The van der Waals surface area contributed by atoms with E-state index in [1.165, 1.54) is 12.3 Å². The molecule has 4 rings (SSSR count). The first-order chi connectivity index (χ1) is 16.5. The standard InChI is InChI=1S/C22H21F3N4O5S/c1-27-9-2-10-28(12-11-27)21-18-13-16(34-22(23,24)25)5-8-19(18)26-14-20(21)35(32,33)17-6-3-15(4-7-17)29(30)31/h3-8,13-14H,2,9-12H2,1H3. The lowest BCUT2D eigenvalue weighted by Crippen LogP contribution is -2.30. The molecule has 0 spiro atoms. The largest absolute Gasteiger partial charge is 0.573 e. The van der Waals surface area contributed by atoms with Gasteiger partial charge in [-0.05, 0) is 50.3 Å². The van der Waals surface area contributed by atoms with Crippen LogP contribution in [0.5, 0.6) is 5.75 Å². The van der Waals surface area contributed by atoms with Crippen LogP contribution in [0.4, 0.5) is 24.5 Å². The Morgan fingerprint density at radius 1 is 1.06 bits per heavy atom. The summed E-state index contributed by atoms with van der Waals surface area (Å²) in [5.41, 5.74) is 0.247. The van der Waals surface area contributed by atoms with Gasteiger partial charge in [0, 0.05) is 43.4 Å². The van der Waals surface area contributed by atoms with Gasteiger partial charge in [-0.3, -0.25) is 15.1 Å². The Labute approximate surface area is 198 Å². The Hall–Kier alpha value is -3.45. The number of hydrogen-bond donors (Lipinski definition) is 0. The zero-order valence-electron chi connectivity index (χ0n) is 18.5. The molecule has 0 unspecified atom stereocenters. The number of fused-ring (bicyclic) bond motifs is 1. The van der Waals surface area contributed by atoms with Gasteiger partial charge >= 0.3 is 6.36 Å². The van der Waals surface area contributed by atoms with Crippen molar-refractivity contribution in [1.29, 1.82) is 0 Å². The zero-order chi connectivity index (χ0) is 25.4. The highest BCUT2D eigenvalue weighted by Crippen LogP contribution is 2.38.